The maximum absolute atomic E-state index is 13.3. The van der Waals surface area contributed by atoms with Crippen LogP contribution in [0.4, 0.5) is 5.69 Å². The Morgan fingerprint density at radius 3 is 2.40 bits per heavy atom. The zero-order chi connectivity index (χ0) is 21.7. The monoisotopic (exact) mass is 441 g/mol. The van der Waals surface area contributed by atoms with E-state index in [1.807, 2.05) is 38.3 Å². The van der Waals surface area contributed by atoms with Gasteiger partial charge in [-0.3, -0.25) is 9.10 Å². The molecule has 1 heterocycles. The fourth-order valence-electron chi connectivity index (χ4n) is 2.76. The van der Waals surface area contributed by atoms with Crippen molar-refractivity contribution < 1.29 is 13.2 Å². The normalized spacial score (nSPS) is 11.6. The molecule has 0 radical (unpaired) electrons. The van der Waals surface area contributed by atoms with Gasteiger partial charge in [-0.1, -0.05) is 24.3 Å². The molecule has 0 unspecified atom stereocenters. The Morgan fingerprint density at radius 2 is 1.77 bits per heavy atom. The van der Waals surface area contributed by atoms with Gasteiger partial charge in [-0.25, -0.2) is 13.8 Å². The van der Waals surface area contributed by atoms with E-state index < -0.39 is 15.9 Å². The first-order chi connectivity index (χ1) is 14.3. The van der Waals surface area contributed by atoms with Crippen LogP contribution in [0, 0.1) is 20.8 Å². The lowest BCUT2D eigenvalue weighted by molar-refractivity contribution is -0.119. The maximum atomic E-state index is 13.3. The van der Waals surface area contributed by atoms with Crippen molar-refractivity contribution in [2.24, 2.45) is 5.10 Å². The molecule has 0 aliphatic carbocycles. The fraction of sp³-hybridized carbons (Fsp3) is 0.182. The van der Waals surface area contributed by atoms with Crippen molar-refractivity contribution in [2.45, 2.75) is 25.7 Å². The van der Waals surface area contributed by atoms with E-state index in [1.165, 1.54) is 23.5 Å². The second-order valence-corrected chi connectivity index (χ2v) is 9.66. The molecule has 2 aromatic carbocycles. The van der Waals surface area contributed by atoms with Crippen LogP contribution in [0.1, 0.15) is 21.6 Å². The lowest BCUT2D eigenvalue weighted by Gasteiger charge is -2.24. The zero-order valence-corrected chi connectivity index (χ0v) is 18.6. The van der Waals surface area contributed by atoms with Crippen LogP contribution in [0.2, 0.25) is 0 Å². The summed E-state index contributed by atoms with van der Waals surface area (Å²) in [7, 11) is -3.93. The van der Waals surface area contributed by atoms with Gasteiger partial charge in [0.2, 0.25) is 0 Å². The molecule has 0 atom stereocenters. The van der Waals surface area contributed by atoms with Crippen LogP contribution in [-0.4, -0.2) is 27.1 Å². The van der Waals surface area contributed by atoms with E-state index in [-0.39, 0.29) is 11.4 Å². The summed E-state index contributed by atoms with van der Waals surface area (Å²) in [5.41, 5.74) is 5.89. The highest BCUT2D eigenvalue weighted by atomic mass is 32.2. The van der Waals surface area contributed by atoms with Gasteiger partial charge in [-0.15, -0.1) is 11.3 Å². The Kier molecular flexibility index (Phi) is 6.69. The van der Waals surface area contributed by atoms with Crippen LogP contribution in [0.25, 0.3) is 0 Å². The summed E-state index contributed by atoms with van der Waals surface area (Å²) in [6.07, 6.45) is 1.56. The summed E-state index contributed by atoms with van der Waals surface area (Å²) in [5, 5.41) is 5.91. The lowest BCUT2D eigenvalue weighted by atomic mass is 10.1. The number of nitrogens with one attached hydrogen (secondary N) is 1. The highest BCUT2D eigenvalue weighted by molar-refractivity contribution is 7.92. The lowest BCUT2D eigenvalue weighted by Crippen LogP contribution is -2.39. The molecule has 1 amide bonds. The van der Waals surface area contributed by atoms with Crippen molar-refractivity contribution >= 4 is 39.2 Å². The number of thiophene rings is 1. The molecule has 0 saturated heterocycles. The average Bonchev–Trinajstić information content (AvgIpc) is 3.14. The van der Waals surface area contributed by atoms with E-state index in [4.69, 9.17) is 0 Å². The third-order valence-corrected chi connectivity index (χ3v) is 7.41. The molecule has 0 aliphatic rings. The number of nitrogens with zero attached hydrogens (tertiary/aromatic N) is 2. The number of carbonyl (C=O) groups excluding carboxylic acids is 1. The van der Waals surface area contributed by atoms with Gasteiger partial charge in [0.15, 0.2) is 0 Å². The van der Waals surface area contributed by atoms with Gasteiger partial charge in [-0.05, 0) is 73.2 Å². The quantitative estimate of drug-likeness (QED) is 0.444. The molecule has 0 saturated carbocycles. The van der Waals surface area contributed by atoms with Gasteiger partial charge in [0.25, 0.3) is 15.9 Å². The Balaban J connectivity index is 1.87. The third kappa shape index (κ3) is 4.95. The Bertz CT molecular complexity index is 1170. The van der Waals surface area contributed by atoms with Crippen molar-refractivity contribution in [2.75, 3.05) is 10.8 Å². The fourth-order valence-corrected chi connectivity index (χ4v) is 4.98. The number of rotatable bonds is 7. The average molecular weight is 442 g/mol. The van der Waals surface area contributed by atoms with Gasteiger partial charge in [-0.2, -0.15) is 5.10 Å². The standard InChI is InChI=1S/C22H23N3O3S2/c1-16-9-10-19(13-18(16)3)25(30(27,28)20-7-5-4-6-8-20)15-22(26)24-23-14-21-17(2)11-12-29-21/h4-14H,15H2,1-3H3,(H,24,26). The second kappa shape index (κ2) is 9.23. The van der Waals surface area contributed by atoms with Gasteiger partial charge in [0.1, 0.15) is 6.54 Å². The van der Waals surface area contributed by atoms with Crippen LogP contribution in [0.5, 0.6) is 0 Å². The van der Waals surface area contributed by atoms with Crippen LogP contribution in [-0.2, 0) is 14.8 Å². The number of sulfonamides is 1. The summed E-state index contributed by atoms with van der Waals surface area (Å²) in [5.74, 6) is -0.529. The summed E-state index contributed by atoms with van der Waals surface area (Å²) < 4.78 is 27.7. The van der Waals surface area contributed by atoms with Gasteiger partial charge in [0, 0.05) is 4.88 Å². The number of hydrogen-bond acceptors (Lipinski definition) is 5. The predicted octanol–water partition coefficient (Wildman–Crippen LogP) is 4.02. The molecule has 30 heavy (non-hydrogen) atoms. The Labute approximate surface area is 180 Å². The number of hydrazone groups is 1. The minimum absolute atomic E-state index is 0.119. The number of benzene rings is 2. The summed E-state index contributed by atoms with van der Waals surface area (Å²) >= 11 is 1.51. The summed E-state index contributed by atoms with van der Waals surface area (Å²) in [6.45, 7) is 5.41. The van der Waals surface area contributed by atoms with Crippen LogP contribution < -0.4 is 9.73 Å². The van der Waals surface area contributed by atoms with Crippen molar-refractivity contribution in [1.82, 2.24) is 5.43 Å². The molecule has 156 valence electrons. The maximum Gasteiger partial charge on any atom is 0.264 e. The number of aryl methyl sites for hydroxylation is 3. The molecule has 3 aromatic rings. The second-order valence-electron chi connectivity index (χ2n) is 6.85. The molecule has 0 aliphatic heterocycles. The van der Waals surface area contributed by atoms with Gasteiger partial charge < -0.3 is 0 Å². The van der Waals surface area contributed by atoms with E-state index in [1.54, 1.807) is 36.5 Å². The van der Waals surface area contributed by atoms with Crippen LogP contribution in [0.3, 0.4) is 0 Å². The minimum atomic E-state index is -3.93. The molecule has 0 bridgehead atoms. The first-order valence-corrected chi connectivity index (χ1v) is 11.6. The van der Waals surface area contributed by atoms with E-state index in [9.17, 15) is 13.2 Å². The molecule has 0 spiro atoms. The number of hydrogen-bond donors (Lipinski definition) is 1. The molecular formula is C22H23N3O3S2. The van der Waals surface area contributed by atoms with Crippen molar-refractivity contribution in [1.29, 1.82) is 0 Å². The topological polar surface area (TPSA) is 78.8 Å². The van der Waals surface area contributed by atoms with Crippen LogP contribution in [0.15, 0.2) is 70.0 Å². The molecule has 8 heteroatoms. The Hall–Kier alpha value is -2.97. The predicted molar refractivity (Wildman–Crippen MR) is 122 cm³/mol. The number of carbonyl (C=O) groups is 1. The molecule has 1 aromatic heterocycles. The van der Waals surface area contributed by atoms with E-state index in [2.05, 4.69) is 10.5 Å². The smallest absolute Gasteiger partial charge is 0.264 e. The molecule has 6 nitrogen and oxygen atoms in total. The largest absolute Gasteiger partial charge is 0.271 e. The first-order valence-electron chi connectivity index (χ1n) is 9.30. The molecule has 3 rings (SSSR count). The van der Waals surface area contributed by atoms with E-state index in [0.717, 1.165) is 25.9 Å². The first kappa shape index (κ1) is 21.7. The van der Waals surface area contributed by atoms with Crippen LogP contribution >= 0.6 is 11.3 Å². The van der Waals surface area contributed by atoms with E-state index in [0.29, 0.717) is 5.69 Å². The summed E-state index contributed by atoms with van der Waals surface area (Å²) in [4.78, 5) is 13.6. The van der Waals surface area contributed by atoms with Crippen molar-refractivity contribution in [3.05, 3.63) is 81.5 Å². The highest BCUT2D eigenvalue weighted by Gasteiger charge is 2.27. The SMILES string of the molecule is Cc1ccc(N(CC(=O)NN=Cc2sccc2C)S(=O)(=O)c2ccccc2)cc1C. The number of anilines is 1. The Morgan fingerprint density at radius 1 is 1.03 bits per heavy atom. The van der Waals surface area contributed by atoms with Crippen molar-refractivity contribution in [3.63, 3.8) is 0 Å². The number of amides is 1. The summed E-state index contributed by atoms with van der Waals surface area (Å²) in [6, 6.07) is 15.3. The zero-order valence-electron chi connectivity index (χ0n) is 17.0. The van der Waals surface area contributed by atoms with E-state index >= 15 is 0 Å². The molecule has 0 fully saturated rings. The molecular weight excluding hydrogens is 418 g/mol. The van der Waals surface area contributed by atoms with Crippen molar-refractivity contribution in [3.8, 4) is 0 Å². The van der Waals surface area contributed by atoms with Gasteiger partial charge >= 0.3 is 0 Å². The van der Waals surface area contributed by atoms with Gasteiger partial charge in [0.05, 0.1) is 16.8 Å². The highest BCUT2D eigenvalue weighted by Crippen LogP contribution is 2.25. The molecule has 1 N–H and O–H groups in total. The third-order valence-electron chi connectivity index (χ3n) is 4.67. The minimum Gasteiger partial charge on any atom is -0.271 e.